The molecule has 0 nitrogen and oxygen atoms in total. The summed E-state index contributed by atoms with van der Waals surface area (Å²) in [5.74, 6) is 0. The lowest BCUT2D eigenvalue weighted by Crippen LogP contribution is -2.01. The van der Waals surface area contributed by atoms with Gasteiger partial charge < -0.3 is 0 Å². The van der Waals surface area contributed by atoms with Gasteiger partial charge in [-0.05, 0) is 246 Å². The Kier molecular flexibility index (Phi) is 9.15. The maximum absolute atomic E-state index is 2.52. The molecule has 388 valence electrons. The number of benzene rings is 16. The molecule has 0 spiro atoms. The second-order valence-corrected chi connectivity index (χ2v) is 24.1. The van der Waals surface area contributed by atoms with Crippen LogP contribution in [-0.2, 0) is 0 Å². The van der Waals surface area contributed by atoms with Crippen LogP contribution in [0.15, 0.2) is 243 Å². The Morgan fingerprint density at radius 2 is 0.464 bits per heavy atom. The zero-order valence-electron chi connectivity index (χ0n) is 47.1. The minimum absolute atomic E-state index is 1.26. The Balaban J connectivity index is 1.02. The molecule has 0 N–H and O–H groups in total. The summed E-state index contributed by atoms with van der Waals surface area (Å²) in [5.41, 5.74) is 23.1. The number of rotatable bonds is 5. The van der Waals surface area contributed by atoms with E-state index in [2.05, 4.69) is 270 Å². The predicted octanol–water partition coefficient (Wildman–Crippen LogP) is 23.9. The van der Waals surface area contributed by atoms with Gasteiger partial charge in [0, 0.05) is 0 Å². The predicted molar refractivity (Wildman–Crippen MR) is 363 cm³/mol. The fourth-order valence-corrected chi connectivity index (χ4v) is 16.6. The Hall–Kier alpha value is -10.4. The summed E-state index contributed by atoms with van der Waals surface area (Å²) in [6.45, 7) is 9.23. The Bertz CT molecular complexity index is 5720. The minimum Gasteiger partial charge on any atom is -0.0622 e. The van der Waals surface area contributed by atoms with Crippen LogP contribution in [0.1, 0.15) is 22.3 Å². The molecule has 0 radical (unpaired) electrons. The number of aryl methyl sites for hydroxylation is 4. The van der Waals surface area contributed by atoms with Crippen LogP contribution in [-0.4, -0.2) is 0 Å². The van der Waals surface area contributed by atoms with E-state index in [0.29, 0.717) is 0 Å². The largest absolute Gasteiger partial charge is 0.0622 e. The van der Waals surface area contributed by atoms with Crippen molar-refractivity contribution in [1.29, 1.82) is 0 Å². The van der Waals surface area contributed by atoms with Gasteiger partial charge >= 0.3 is 0 Å². The molecule has 1 aliphatic rings. The number of fused-ring (bicyclic) bond motifs is 14. The van der Waals surface area contributed by atoms with Crippen LogP contribution in [0.3, 0.4) is 0 Å². The lowest BCUT2D eigenvalue weighted by molar-refractivity contribution is 1.45. The van der Waals surface area contributed by atoms with Gasteiger partial charge in [0.15, 0.2) is 0 Å². The van der Waals surface area contributed by atoms with E-state index in [1.54, 1.807) is 0 Å². The SMILES string of the molecule is Cc1ccccc1-c1c2c(c(-c3ccccc3C)c3c(-c4ccccc4C)c4ccccc4c(-c4ccccc4C)c13)-c1ccc3c4ccc5c6c(ccc(c7ccc-2c1c73)c46)c1c(-c2ccccc2)c2cccc3c4ccccc4c(c23)c51. The van der Waals surface area contributed by atoms with Crippen molar-refractivity contribution >= 4 is 118 Å². The Morgan fingerprint density at radius 1 is 0.143 bits per heavy atom. The van der Waals surface area contributed by atoms with Crippen LogP contribution in [0.25, 0.3) is 196 Å². The van der Waals surface area contributed by atoms with Crippen LogP contribution in [0.5, 0.6) is 0 Å². The first kappa shape index (κ1) is 46.2. The van der Waals surface area contributed by atoms with Crippen molar-refractivity contribution in [2.45, 2.75) is 27.7 Å². The fraction of sp³-hybridized carbons (Fsp3) is 0.0476. The number of hydrogen-bond acceptors (Lipinski definition) is 0. The van der Waals surface area contributed by atoms with Gasteiger partial charge in [0.1, 0.15) is 0 Å². The molecule has 1 aliphatic carbocycles. The quantitative estimate of drug-likeness (QED) is 0.119. The first-order chi connectivity index (χ1) is 41.4. The van der Waals surface area contributed by atoms with Crippen LogP contribution in [0.4, 0.5) is 0 Å². The van der Waals surface area contributed by atoms with Gasteiger partial charge in [-0.25, -0.2) is 0 Å². The lowest BCUT2D eigenvalue weighted by Gasteiger charge is -2.28. The highest BCUT2D eigenvalue weighted by Crippen LogP contribution is 2.64. The van der Waals surface area contributed by atoms with Gasteiger partial charge in [-0.3, -0.25) is 0 Å². The van der Waals surface area contributed by atoms with Gasteiger partial charge in [0.25, 0.3) is 0 Å². The molecule has 19 rings (SSSR count). The summed E-state index contributed by atoms with van der Waals surface area (Å²) in [6, 6.07) is 93.1. The average Bonchev–Trinajstić information content (AvgIpc) is 1.47. The zero-order chi connectivity index (χ0) is 55.4. The van der Waals surface area contributed by atoms with Gasteiger partial charge in [0.2, 0.25) is 0 Å². The summed E-state index contributed by atoms with van der Waals surface area (Å²) in [7, 11) is 0. The summed E-state index contributed by atoms with van der Waals surface area (Å²) >= 11 is 0. The molecule has 0 amide bonds. The Morgan fingerprint density at radius 3 is 0.976 bits per heavy atom. The van der Waals surface area contributed by atoms with E-state index in [9.17, 15) is 0 Å². The summed E-state index contributed by atoms with van der Waals surface area (Å²) in [5, 5.41) is 29.2. The topological polar surface area (TPSA) is 0 Å². The van der Waals surface area contributed by atoms with Crippen molar-refractivity contribution in [3.05, 3.63) is 265 Å². The molecule has 0 unspecified atom stereocenters. The van der Waals surface area contributed by atoms with E-state index in [0.717, 1.165) is 0 Å². The van der Waals surface area contributed by atoms with E-state index in [4.69, 9.17) is 0 Å². The first-order valence-electron chi connectivity index (χ1n) is 29.8. The van der Waals surface area contributed by atoms with Crippen LogP contribution in [0.2, 0.25) is 0 Å². The molecule has 18 aromatic carbocycles. The highest BCUT2D eigenvalue weighted by Gasteiger charge is 2.37. The molecule has 0 heteroatoms. The lowest BCUT2D eigenvalue weighted by atomic mass is 9.74. The molecule has 0 heterocycles. The van der Waals surface area contributed by atoms with Crippen molar-refractivity contribution in [3.63, 3.8) is 0 Å². The normalized spacial score (nSPS) is 12.5. The van der Waals surface area contributed by atoms with Gasteiger partial charge in [-0.2, -0.15) is 0 Å². The molecule has 0 saturated heterocycles. The molecule has 84 heavy (non-hydrogen) atoms. The second-order valence-electron chi connectivity index (χ2n) is 24.1. The standard InChI is InChI=1S/C84H52/c1-45-21-8-12-27-50(45)69-57-33-18-19-34-58(57)70(51-28-13-9-22-46(51)2)84-77(53-30-15-11-24-48(53)4)81-66-43-39-62-60-40-44-67-74-64(79-68(49-25-6-5-7-26-49)63-36-20-35-55-54-31-16-17-32-56(54)78(73(55)63)82(67)79)41-37-59(71(60)74)61-38-42-65(75(66)72(61)62)80(81)76(83(69)84)52-29-14-10-23-47(52)3/h5-44H,1-4H3. The third-order valence-corrected chi connectivity index (χ3v) is 20.0. The third kappa shape index (κ3) is 5.73. The smallest absolute Gasteiger partial charge is 0.0000955 e. The van der Waals surface area contributed by atoms with E-state index in [1.165, 1.54) is 219 Å². The van der Waals surface area contributed by atoms with Gasteiger partial charge in [-0.15, -0.1) is 0 Å². The molecule has 0 fully saturated rings. The first-order valence-corrected chi connectivity index (χ1v) is 29.8. The highest BCUT2D eigenvalue weighted by atomic mass is 14.4. The van der Waals surface area contributed by atoms with Crippen LogP contribution >= 0.6 is 0 Å². The Labute approximate surface area is 486 Å². The van der Waals surface area contributed by atoms with E-state index >= 15 is 0 Å². The minimum atomic E-state index is 1.26. The van der Waals surface area contributed by atoms with Crippen LogP contribution in [0, 0.1) is 27.7 Å². The third-order valence-electron chi connectivity index (χ3n) is 20.0. The average molecular weight is 1060 g/mol. The van der Waals surface area contributed by atoms with Crippen molar-refractivity contribution < 1.29 is 0 Å². The van der Waals surface area contributed by atoms with Crippen molar-refractivity contribution in [2.24, 2.45) is 0 Å². The zero-order valence-corrected chi connectivity index (χ0v) is 47.1. The fourth-order valence-electron chi connectivity index (χ4n) is 16.6. The summed E-state index contributed by atoms with van der Waals surface area (Å²) in [6.07, 6.45) is 0. The summed E-state index contributed by atoms with van der Waals surface area (Å²) < 4.78 is 0. The van der Waals surface area contributed by atoms with Gasteiger partial charge in [-0.1, -0.05) is 243 Å². The number of hydrogen-bond donors (Lipinski definition) is 0. The van der Waals surface area contributed by atoms with E-state index in [1.807, 2.05) is 0 Å². The van der Waals surface area contributed by atoms with Crippen molar-refractivity contribution in [3.8, 4) is 77.9 Å². The second kappa shape index (κ2) is 16.6. The highest BCUT2D eigenvalue weighted by molar-refractivity contribution is 6.51. The molecule has 0 aliphatic heterocycles. The summed E-state index contributed by atoms with van der Waals surface area (Å²) in [4.78, 5) is 0. The van der Waals surface area contributed by atoms with Crippen molar-refractivity contribution in [1.82, 2.24) is 0 Å². The maximum atomic E-state index is 2.52. The van der Waals surface area contributed by atoms with E-state index < -0.39 is 0 Å². The van der Waals surface area contributed by atoms with E-state index in [-0.39, 0.29) is 0 Å². The molecule has 0 aromatic heterocycles. The molecular formula is C84H52. The van der Waals surface area contributed by atoms with Crippen LogP contribution < -0.4 is 0 Å². The van der Waals surface area contributed by atoms with Gasteiger partial charge in [0.05, 0.1) is 0 Å². The molecule has 0 atom stereocenters. The van der Waals surface area contributed by atoms with Crippen molar-refractivity contribution in [2.75, 3.05) is 0 Å². The monoisotopic (exact) mass is 1060 g/mol. The molecular weight excluding hydrogens is 1010 g/mol. The molecule has 18 aromatic rings. The molecule has 0 bridgehead atoms. The molecule has 0 saturated carbocycles. The maximum Gasteiger partial charge on any atom is -0.0000955 e.